The summed E-state index contributed by atoms with van der Waals surface area (Å²) in [5, 5.41) is 0. The van der Waals surface area contributed by atoms with Gasteiger partial charge in [0.1, 0.15) is 5.82 Å². The normalized spacial score (nSPS) is 17.9. The number of hydrogen-bond acceptors (Lipinski definition) is 1. The lowest BCUT2D eigenvalue weighted by Crippen LogP contribution is -1.96. The summed E-state index contributed by atoms with van der Waals surface area (Å²) in [4.78, 5) is 11.9. The molecule has 2 aromatic carbocycles. The maximum atomic E-state index is 12.9. The van der Waals surface area contributed by atoms with E-state index in [4.69, 9.17) is 0 Å². The van der Waals surface area contributed by atoms with Crippen molar-refractivity contribution in [2.45, 2.75) is 12.3 Å². The van der Waals surface area contributed by atoms with E-state index in [9.17, 15) is 9.18 Å². The predicted molar refractivity (Wildman–Crippen MR) is 71.3 cm³/mol. The molecule has 0 aromatic heterocycles. The van der Waals surface area contributed by atoms with Gasteiger partial charge in [-0.05, 0) is 41.5 Å². The number of ketones is 1. The molecule has 18 heavy (non-hydrogen) atoms. The van der Waals surface area contributed by atoms with Crippen LogP contribution in [0.15, 0.2) is 46.9 Å². The zero-order valence-corrected chi connectivity index (χ0v) is 11.1. The van der Waals surface area contributed by atoms with Gasteiger partial charge in [-0.3, -0.25) is 4.79 Å². The molecule has 90 valence electrons. The van der Waals surface area contributed by atoms with E-state index < -0.39 is 0 Å². The molecule has 3 heteroatoms. The Kier molecular flexibility index (Phi) is 2.78. The van der Waals surface area contributed by atoms with E-state index in [1.807, 2.05) is 18.2 Å². The van der Waals surface area contributed by atoms with Gasteiger partial charge in [-0.25, -0.2) is 4.39 Å². The van der Waals surface area contributed by atoms with Crippen molar-refractivity contribution in [1.82, 2.24) is 0 Å². The van der Waals surface area contributed by atoms with Gasteiger partial charge in [0.2, 0.25) is 0 Å². The van der Waals surface area contributed by atoms with E-state index in [0.717, 1.165) is 21.2 Å². The zero-order valence-electron chi connectivity index (χ0n) is 9.49. The molecule has 0 saturated carbocycles. The maximum Gasteiger partial charge on any atom is 0.164 e. The van der Waals surface area contributed by atoms with Gasteiger partial charge in [-0.15, -0.1) is 0 Å². The molecule has 0 amide bonds. The Bertz CT molecular complexity index is 619. The van der Waals surface area contributed by atoms with E-state index in [-0.39, 0.29) is 17.5 Å². The number of carbonyl (C=O) groups is 1. The highest BCUT2D eigenvalue weighted by molar-refractivity contribution is 9.10. The summed E-state index contributed by atoms with van der Waals surface area (Å²) in [6.45, 7) is 0. The van der Waals surface area contributed by atoms with Crippen LogP contribution in [0.4, 0.5) is 4.39 Å². The second-order valence-electron chi connectivity index (χ2n) is 4.46. The summed E-state index contributed by atoms with van der Waals surface area (Å²) in [7, 11) is 0. The lowest BCUT2D eigenvalue weighted by atomic mass is 9.93. The van der Waals surface area contributed by atoms with Crippen LogP contribution >= 0.6 is 15.9 Å². The highest BCUT2D eigenvalue weighted by Gasteiger charge is 2.30. The third kappa shape index (κ3) is 1.89. The number of rotatable bonds is 1. The molecule has 0 heterocycles. The van der Waals surface area contributed by atoms with Gasteiger partial charge in [-0.1, -0.05) is 28.1 Å². The third-order valence-electron chi connectivity index (χ3n) is 3.35. The monoisotopic (exact) mass is 304 g/mol. The number of carbonyl (C=O) groups excluding carboxylic acids is 1. The summed E-state index contributed by atoms with van der Waals surface area (Å²) in [6.07, 6.45) is 0.470. The Balaban J connectivity index is 2.09. The third-order valence-corrected chi connectivity index (χ3v) is 3.84. The van der Waals surface area contributed by atoms with Crippen LogP contribution in [0.5, 0.6) is 0 Å². The Morgan fingerprint density at radius 3 is 2.56 bits per heavy atom. The molecule has 1 aliphatic carbocycles. The largest absolute Gasteiger partial charge is 0.294 e. The fourth-order valence-electron chi connectivity index (χ4n) is 2.47. The highest BCUT2D eigenvalue weighted by Crippen LogP contribution is 2.39. The van der Waals surface area contributed by atoms with Crippen LogP contribution in [0.25, 0.3) is 0 Å². The molecule has 1 unspecified atom stereocenters. The Morgan fingerprint density at radius 1 is 1.11 bits per heavy atom. The molecular weight excluding hydrogens is 295 g/mol. The number of Topliss-reactive ketones (excluding diaryl/α,β-unsaturated/α-hetero) is 1. The molecule has 2 aromatic rings. The smallest absolute Gasteiger partial charge is 0.164 e. The highest BCUT2D eigenvalue weighted by atomic mass is 79.9. The van der Waals surface area contributed by atoms with Crippen LogP contribution in [0.1, 0.15) is 33.8 Å². The molecule has 0 saturated heterocycles. The van der Waals surface area contributed by atoms with E-state index in [0.29, 0.717) is 6.42 Å². The molecule has 3 rings (SSSR count). The minimum absolute atomic E-state index is 0.0469. The van der Waals surface area contributed by atoms with Gasteiger partial charge in [0.25, 0.3) is 0 Å². The number of hydrogen-bond donors (Lipinski definition) is 0. The number of fused-ring (bicyclic) bond motifs is 1. The van der Waals surface area contributed by atoms with Gasteiger partial charge in [-0.2, -0.15) is 0 Å². The zero-order chi connectivity index (χ0) is 12.7. The molecule has 0 fully saturated rings. The topological polar surface area (TPSA) is 17.1 Å². The first-order chi connectivity index (χ1) is 8.65. The van der Waals surface area contributed by atoms with Crippen LogP contribution in [-0.4, -0.2) is 5.78 Å². The van der Waals surface area contributed by atoms with Gasteiger partial charge in [0.15, 0.2) is 5.78 Å². The van der Waals surface area contributed by atoms with E-state index >= 15 is 0 Å². The number of halogens is 2. The first kappa shape index (κ1) is 11.6. The molecule has 1 atom stereocenters. The Labute approximate surface area is 113 Å². The summed E-state index contributed by atoms with van der Waals surface area (Å²) in [5.74, 6) is -0.0463. The second-order valence-corrected chi connectivity index (χ2v) is 5.38. The van der Waals surface area contributed by atoms with E-state index in [1.54, 1.807) is 12.1 Å². The molecule has 0 aliphatic heterocycles. The van der Waals surface area contributed by atoms with Crippen molar-refractivity contribution < 1.29 is 9.18 Å². The minimum Gasteiger partial charge on any atom is -0.294 e. The first-order valence-corrected chi connectivity index (χ1v) is 6.52. The SMILES string of the molecule is O=C1CC(c2ccc(F)cc2)c2cc(Br)ccc21. The van der Waals surface area contributed by atoms with Gasteiger partial charge >= 0.3 is 0 Å². The molecule has 0 spiro atoms. The van der Waals surface area contributed by atoms with Crippen LogP contribution in [-0.2, 0) is 0 Å². The predicted octanol–water partition coefficient (Wildman–Crippen LogP) is 4.31. The Morgan fingerprint density at radius 2 is 1.83 bits per heavy atom. The van der Waals surface area contributed by atoms with E-state index in [1.165, 1.54) is 12.1 Å². The van der Waals surface area contributed by atoms with Gasteiger partial charge < -0.3 is 0 Å². The fraction of sp³-hybridized carbons (Fsp3) is 0.133. The standard InChI is InChI=1S/C15H10BrFO/c16-10-3-6-12-14(7-10)13(8-15(12)18)9-1-4-11(17)5-2-9/h1-7,13H,8H2. The lowest BCUT2D eigenvalue weighted by molar-refractivity contribution is 0.0991. The van der Waals surface area contributed by atoms with Crippen molar-refractivity contribution in [3.05, 3.63) is 69.4 Å². The maximum absolute atomic E-state index is 12.9. The average molecular weight is 305 g/mol. The first-order valence-electron chi connectivity index (χ1n) is 5.73. The molecule has 1 nitrogen and oxygen atoms in total. The van der Waals surface area contributed by atoms with Crippen molar-refractivity contribution in [3.8, 4) is 0 Å². The summed E-state index contributed by atoms with van der Waals surface area (Å²) >= 11 is 3.43. The van der Waals surface area contributed by atoms with Crippen molar-refractivity contribution in [3.63, 3.8) is 0 Å². The molecule has 1 aliphatic rings. The summed E-state index contributed by atoms with van der Waals surface area (Å²) in [5.41, 5.74) is 2.80. The number of benzene rings is 2. The van der Waals surface area contributed by atoms with Gasteiger partial charge in [0.05, 0.1) is 0 Å². The van der Waals surface area contributed by atoms with E-state index in [2.05, 4.69) is 15.9 Å². The van der Waals surface area contributed by atoms with Crippen LogP contribution in [0.3, 0.4) is 0 Å². The minimum atomic E-state index is -0.252. The van der Waals surface area contributed by atoms with Crippen molar-refractivity contribution >= 4 is 21.7 Å². The fourth-order valence-corrected chi connectivity index (χ4v) is 2.85. The molecular formula is C15H10BrFO. The quantitative estimate of drug-likeness (QED) is 0.767. The lowest BCUT2D eigenvalue weighted by Gasteiger charge is -2.11. The second kappa shape index (κ2) is 4.32. The van der Waals surface area contributed by atoms with Crippen LogP contribution < -0.4 is 0 Å². The molecule has 0 bridgehead atoms. The average Bonchev–Trinajstić information content (AvgIpc) is 2.67. The van der Waals surface area contributed by atoms with Crippen LogP contribution in [0, 0.1) is 5.82 Å². The van der Waals surface area contributed by atoms with Crippen molar-refractivity contribution in [2.24, 2.45) is 0 Å². The summed E-state index contributed by atoms with van der Waals surface area (Å²) < 4.78 is 13.9. The molecule has 0 N–H and O–H groups in total. The van der Waals surface area contributed by atoms with Gasteiger partial charge in [0, 0.05) is 22.4 Å². The van der Waals surface area contributed by atoms with Crippen molar-refractivity contribution in [2.75, 3.05) is 0 Å². The van der Waals surface area contributed by atoms with Crippen molar-refractivity contribution in [1.29, 1.82) is 0 Å². The van der Waals surface area contributed by atoms with Crippen LogP contribution in [0.2, 0.25) is 0 Å². The molecule has 0 radical (unpaired) electrons. The Hall–Kier alpha value is -1.48. The summed E-state index contributed by atoms with van der Waals surface area (Å²) in [6, 6.07) is 12.1.